The van der Waals surface area contributed by atoms with Gasteiger partial charge in [-0.3, -0.25) is 0 Å². The number of rotatable bonds is 1. The predicted octanol–water partition coefficient (Wildman–Crippen LogP) is 9.51. The lowest BCUT2D eigenvalue weighted by atomic mass is 10.0. The molecule has 6 aromatic rings. The normalized spacial score (nSPS) is 11.9. The molecule has 0 N–H and O–H groups in total. The first kappa shape index (κ1) is 17.0. The van der Waals surface area contributed by atoms with E-state index in [2.05, 4.69) is 88.7 Å². The second kappa shape index (κ2) is 6.30. The Morgan fingerprint density at radius 3 is 2.25 bits per heavy atom. The van der Waals surface area contributed by atoms with Crippen molar-refractivity contribution in [3.8, 4) is 11.1 Å². The van der Waals surface area contributed by atoms with Gasteiger partial charge in [-0.2, -0.15) is 0 Å². The summed E-state index contributed by atoms with van der Waals surface area (Å²) < 4.78 is 6.24. The maximum absolute atomic E-state index is 6.80. The zero-order valence-corrected chi connectivity index (χ0v) is 18.5. The third-order valence-corrected chi connectivity index (χ3v) is 8.89. The van der Waals surface area contributed by atoms with E-state index in [0.29, 0.717) is 0 Å². The number of thiophene rings is 2. The van der Waals surface area contributed by atoms with Gasteiger partial charge in [-0.1, -0.05) is 60.1 Å². The SMILES string of the molecule is Clc1cc2sc3ccccc3c2cc1-c1cccc2c1sc1c(Br)cccc12. The lowest BCUT2D eigenvalue weighted by Gasteiger charge is -2.07. The molecule has 0 aliphatic heterocycles. The fourth-order valence-corrected chi connectivity index (χ4v) is 7.25. The molecule has 0 nitrogen and oxygen atoms in total. The van der Waals surface area contributed by atoms with Gasteiger partial charge in [-0.05, 0) is 40.2 Å². The molecule has 134 valence electrons. The molecule has 2 heterocycles. The Bertz CT molecular complexity index is 1540. The third-order valence-electron chi connectivity index (χ3n) is 5.23. The highest BCUT2D eigenvalue weighted by molar-refractivity contribution is 9.10. The molecule has 2 aromatic heterocycles. The molecule has 0 spiro atoms. The maximum atomic E-state index is 6.80. The van der Waals surface area contributed by atoms with Crippen LogP contribution < -0.4 is 0 Å². The first-order valence-corrected chi connectivity index (χ1v) is 11.7. The van der Waals surface area contributed by atoms with Crippen LogP contribution in [-0.2, 0) is 0 Å². The zero-order valence-electron chi connectivity index (χ0n) is 14.5. The van der Waals surface area contributed by atoms with Gasteiger partial charge in [0.05, 0.1) is 0 Å². The smallest absolute Gasteiger partial charge is 0.0499 e. The van der Waals surface area contributed by atoms with E-state index in [1.165, 1.54) is 45.9 Å². The van der Waals surface area contributed by atoms with Gasteiger partial charge < -0.3 is 0 Å². The molecule has 0 bridgehead atoms. The van der Waals surface area contributed by atoms with Gasteiger partial charge in [-0.15, -0.1) is 22.7 Å². The van der Waals surface area contributed by atoms with Gasteiger partial charge in [0, 0.05) is 61.0 Å². The molecule has 0 saturated carbocycles. The van der Waals surface area contributed by atoms with Gasteiger partial charge in [0.25, 0.3) is 0 Å². The van der Waals surface area contributed by atoms with Crippen LogP contribution in [0.5, 0.6) is 0 Å². The Morgan fingerprint density at radius 1 is 0.607 bits per heavy atom. The van der Waals surface area contributed by atoms with Crippen LogP contribution in [0.25, 0.3) is 51.5 Å². The summed E-state index contributed by atoms with van der Waals surface area (Å²) in [4.78, 5) is 0. The molecule has 0 unspecified atom stereocenters. The summed E-state index contributed by atoms with van der Waals surface area (Å²) in [6.07, 6.45) is 0. The average molecular weight is 480 g/mol. The van der Waals surface area contributed by atoms with Crippen molar-refractivity contribution in [2.24, 2.45) is 0 Å². The van der Waals surface area contributed by atoms with Gasteiger partial charge in [0.15, 0.2) is 0 Å². The Morgan fingerprint density at radius 2 is 1.36 bits per heavy atom. The second-order valence-corrected chi connectivity index (χ2v) is 10.2. The van der Waals surface area contributed by atoms with E-state index in [1.54, 1.807) is 11.3 Å². The van der Waals surface area contributed by atoms with Crippen molar-refractivity contribution >= 4 is 90.5 Å². The molecule has 0 aliphatic rings. The summed E-state index contributed by atoms with van der Waals surface area (Å²) in [6, 6.07) is 25.9. The number of hydrogen-bond donors (Lipinski definition) is 0. The third kappa shape index (κ3) is 2.40. The topological polar surface area (TPSA) is 0 Å². The molecular weight excluding hydrogens is 468 g/mol. The molecule has 0 amide bonds. The van der Waals surface area contributed by atoms with Crippen LogP contribution in [-0.4, -0.2) is 0 Å². The van der Waals surface area contributed by atoms with Crippen molar-refractivity contribution in [1.29, 1.82) is 0 Å². The van der Waals surface area contributed by atoms with Crippen LogP contribution in [0.15, 0.2) is 77.3 Å². The van der Waals surface area contributed by atoms with E-state index in [1.807, 2.05) is 11.3 Å². The van der Waals surface area contributed by atoms with Gasteiger partial charge >= 0.3 is 0 Å². The molecular formula is C24H12BrClS2. The summed E-state index contributed by atoms with van der Waals surface area (Å²) >= 11 is 14.1. The van der Waals surface area contributed by atoms with Gasteiger partial charge in [-0.25, -0.2) is 0 Å². The van der Waals surface area contributed by atoms with Crippen molar-refractivity contribution in [3.05, 3.63) is 82.3 Å². The Balaban J connectivity index is 1.72. The molecule has 6 rings (SSSR count). The van der Waals surface area contributed by atoms with Crippen LogP contribution >= 0.6 is 50.2 Å². The lowest BCUT2D eigenvalue weighted by molar-refractivity contribution is 1.74. The molecule has 0 aliphatic carbocycles. The Labute approximate surface area is 183 Å². The maximum Gasteiger partial charge on any atom is 0.0499 e. The molecule has 0 saturated heterocycles. The number of halogens is 2. The minimum absolute atomic E-state index is 0.808. The molecule has 4 aromatic carbocycles. The minimum Gasteiger partial charge on any atom is -0.135 e. The molecule has 0 atom stereocenters. The summed E-state index contributed by atoms with van der Waals surface area (Å²) in [7, 11) is 0. The first-order chi connectivity index (χ1) is 13.7. The minimum atomic E-state index is 0.808. The molecule has 28 heavy (non-hydrogen) atoms. The van der Waals surface area contributed by atoms with Crippen molar-refractivity contribution in [2.45, 2.75) is 0 Å². The predicted molar refractivity (Wildman–Crippen MR) is 130 cm³/mol. The molecule has 0 fully saturated rings. The van der Waals surface area contributed by atoms with Crippen LogP contribution in [0.3, 0.4) is 0 Å². The van der Waals surface area contributed by atoms with E-state index >= 15 is 0 Å². The van der Waals surface area contributed by atoms with E-state index in [4.69, 9.17) is 11.6 Å². The van der Waals surface area contributed by atoms with E-state index < -0.39 is 0 Å². The van der Waals surface area contributed by atoms with Crippen molar-refractivity contribution < 1.29 is 0 Å². The highest BCUT2D eigenvalue weighted by Crippen LogP contribution is 2.46. The Hall–Kier alpha value is -1.91. The molecule has 0 radical (unpaired) electrons. The largest absolute Gasteiger partial charge is 0.135 e. The zero-order chi connectivity index (χ0) is 18.8. The summed E-state index contributed by atoms with van der Waals surface area (Å²) in [5.74, 6) is 0. The van der Waals surface area contributed by atoms with E-state index in [-0.39, 0.29) is 0 Å². The highest BCUT2D eigenvalue weighted by Gasteiger charge is 2.15. The van der Waals surface area contributed by atoms with E-state index in [9.17, 15) is 0 Å². The monoisotopic (exact) mass is 478 g/mol. The average Bonchev–Trinajstić information content (AvgIpc) is 3.26. The summed E-state index contributed by atoms with van der Waals surface area (Å²) in [5.41, 5.74) is 2.30. The van der Waals surface area contributed by atoms with Crippen LogP contribution in [0, 0.1) is 0 Å². The van der Waals surface area contributed by atoms with E-state index in [0.717, 1.165) is 15.1 Å². The quantitative estimate of drug-likeness (QED) is 0.220. The van der Waals surface area contributed by atoms with Crippen molar-refractivity contribution in [1.82, 2.24) is 0 Å². The standard InChI is InChI=1S/C24H12BrClS2/c25-19-9-4-8-15-14-6-3-7-16(23(14)28-24(15)19)17-11-18-13-5-1-2-10-21(13)27-22(18)12-20(17)26/h1-12H. The lowest BCUT2D eigenvalue weighted by Crippen LogP contribution is -1.81. The van der Waals surface area contributed by atoms with Gasteiger partial charge in [0.2, 0.25) is 0 Å². The van der Waals surface area contributed by atoms with Crippen molar-refractivity contribution in [2.75, 3.05) is 0 Å². The fraction of sp³-hybridized carbons (Fsp3) is 0. The van der Waals surface area contributed by atoms with Gasteiger partial charge in [0.1, 0.15) is 0 Å². The van der Waals surface area contributed by atoms with Crippen LogP contribution in [0.1, 0.15) is 0 Å². The molecule has 4 heteroatoms. The second-order valence-electron chi connectivity index (χ2n) is 6.83. The number of fused-ring (bicyclic) bond motifs is 6. The first-order valence-electron chi connectivity index (χ1n) is 8.91. The Kier molecular flexibility index (Phi) is 3.82. The fourth-order valence-electron chi connectivity index (χ4n) is 3.95. The van der Waals surface area contributed by atoms with Crippen LogP contribution in [0.4, 0.5) is 0 Å². The van der Waals surface area contributed by atoms with Crippen LogP contribution in [0.2, 0.25) is 5.02 Å². The summed E-state index contributed by atoms with van der Waals surface area (Å²) in [6.45, 7) is 0. The summed E-state index contributed by atoms with van der Waals surface area (Å²) in [5, 5.41) is 5.95. The number of benzene rings is 4. The number of hydrogen-bond acceptors (Lipinski definition) is 2. The van der Waals surface area contributed by atoms with Crippen molar-refractivity contribution in [3.63, 3.8) is 0 Å². The highest BCUT2D eigenvalue weighted by atomic mass is 79.9.